The van der Waals surface area contributed by atoms with Gasteiger partial charge < -0.3 is 5.32 Å². The molecule has 0 saturated carbocycles. The van der Waals surface area contributed by atoms with Crippen molar-refractivity contribution in [1.29, 1.82) is 0 Å². The molecule has 20 heavy (non-hydrogen) atoms. The second-order valence-electron chi connectivity index (χ2n) is 4.51. The number of sulfonamides is 1. The highest BCUT2D eigenvalue weighted by Crippen LogP contribution is 2.22. The fraction of sp³-hybridized carbons (Fsp3) is 0.455. The third kappa shape index (κ3) is 3.30. The summed E-state index contributed by atoms with van der Waals surface area (Å²) in [7, 11) is -4.00. The predicted octanol–water partition coefficient (Wildman–Crippen LogP) is 0.573. The summed E-state index contributed by atoms with van der Waals surface area (Å²) in [5.74, 6) is 0. The number of rotatable bonds is 5. The van der Waals surface area contributed by atoms with Crippen LogP contribution in [0.15, 0.2) is 29.2 Å². The molecule has 1 fully saturated rings. The number of hydrogen-bond acceptors (Lipinski definition) is 5. The number of alkyl halides is 1. The van der Waals surface area contributed by atoms with E-state index in [1.165, 1.54) is 18.2 Å². The summed E-state index contributed by atoms with van der Waals surface area (Å²) in [6.07, 6.45) is -0.769. The quantitative estimate of drug-likeness (QED) is 0.612. The summed E-state index contributed by atoms with van der Waals surface area (Å²) in [5, 5.41) is 13.7. The second-order valence-corrected chi connectivity index (χ2v) is 6.25. The Morgan fingerprint density at radius 3 is 2.75 bits per heavy atom. The number of nitro benzene ring substituents is 1. The molecule has 1 aliphatic rings. The molecule has 2 rings (SSSR count). The Kier molecular flexibility index (Phi) is 4.31. The van der Waals surface area contributed by atoms with Crippen LogP contribution in [-0.2, 0) is 10.0 Å². The number of nitrogens with zero attached hydrogens (tertiary/aromatic N) is 1. The summed E-state index contributed by atoms with van der Waals surface area (Å²) in [4.78, 5) is 9.68. The van der Waals surface area contributed by atoms with E-state index in [0.29, 0.717) is 0 Å². The molecule has 1 aromatic carbocycles. The van der Waals surface area contributed by atoms with Gasteiger partial charge in [0.05, 0.1) is 4.92 Å². The normalized spacial score (nSPS) is 22.9. The van der Waals surface area contributed by atoms with Crippen molar-refractivity contribution in [2.45, 2.75) is 23.5 Å². The predicted molar refractivity (Wildman–Crippen MR) is 69.6 cm³/mol. The number of para-hydroxylation sites is 1. The molecule has 0 amide bonds. The van der Waals surface area contributed by atoms with E-state index in [2.05, 4.69) is 10.0 Å². The minimum Gasteiger partial charge on any atom is -0.310 e. The number of hydrogen-bond donors (Lipinski definition) is 2. The zero-order valence-electron chi connectivity index (χ0n) is 10.5. The molecule has 0 aliphatic carbocycles. The first-order valence-corrected chi connectivity index (χ1v) is 7.49. The summed E-state index contributed by atoms with van der Waals surface area (Å²) in [6.45, 7) is 0.187. The highest BCUT2D eigenvalue weighted by Gasteiger charge is 2.28. The number of benzene rings is 1. The lowest BCUT2D eigenvalue weighted by molar-refractivity contribution is -0.387. The van der Waals surface area contributed by atoms with Crippen molar-refractivity contribution >= 4 is 15.7 Å². The van der Waals surface area contributed by atoms with E-state index >= 15 is 0 Å². The molecule has 0 radical (unpaired) electrons. The molecule has 1 saturated heterocycles. The van der Waals surface area contributed by atoms with Crippen LogP contribution in [0.5, 0.6) is 0 Å². The molecule has 0 aromatic heterocycles. The van der Waals surface area contributed by atoms with Crippen LogP contribution in [0.1, 0.15) is 6.42 Å². The standard InChI is InChI=1S/C11H14FN3O4S/c12-8-5-9(13-6-8)7-14-20(18,19)11-4-2-1-3-10(11)15(16)17/h1-4,8-9,13-14H,5-7H2/t8-,9-/m0/s1. The smallest absolute Gasteiger partial charge is 0.289 e. The van der Waals surface area contributed by atoms with Gasteiger partial charge in [-0.25, -0.2) is 17.5 Å². The van der Waals surface area contributed by atoms with E-state index in [0.717, 1.165) is 6.07 Å². The zero-order valence-corrected chi connectivity index (χ0v) is 11.3. The van der Waals surface area contributed by atoms with E-state index in [9.17, 15) is 22.9 Å². The molecule has 9 heteroatoms. The molecule has 2 atom stereocenters. The first kappa shape index (κ1) is 14.8. The van der Waals surface area contributed by atoms with Crippen LogP contribution < -0.4 is 10.0 Å². The lowest BCUT2D eigenvalue weighted by Crippen LogP contribution is -2.37. The van der Waals surface area contributed by atoms with E-state index in [4.69, 9.17) is 0 Å². The Hall–Kier alpha value is -1.58. The SMILES string of the molecule is O=[N+]([O-])c1ccccc1S(=O)(=O)NC[C@@H]1C[C@H](F)CN1. The fourth-order valence-electron chi connectivity index (χ4n) is 2.05. The van der Waals surface area contributed by atoms with Gasteiger partial charge in [0.25, 0.3) is 5.69 Å². The Bertz CT molecular complexity index is 607. The van der Waals surface area contributed by atoms with Crippen molar-refractivity contribution in [3.8, 4) is 0 Å². The summed E-state index contributed by atoms with van der Waals surface area (Å²) in [6, 6.07) is 4.79. The van der Waals surface area contributed by atoms with Gasteiger partial charge in [0.15, 0.2) is 4.90 Å². The highest BCUT2D eigenvalue weighted by molar-refractivity contribution is 7.89. The topological polar surface area (TPSA) is 101 Å². The van der Waals surface area contributed by atoms with Crippen molar-refractivity contribution in [1.82, 2.24) is 10.0 Å². The van der Waals surface area contributed by atoms with Gasteiger partial charge in [0.2, 0.25) is 10.0 Å². The average Bonchev–Trinajstić information content (AvgIpc) is 2.82. The van der Waals surface area contributed by atoms with E-state index in [-0.39, 0.29) is 30.4 Å². The largest absolute Gasteiger partial charge is 0.310 e. The van der Waals surface area contributed by atoms with Crippen LogP contribution in [0.25, 0.3) is 0 Å². The molecule has 110 valence electrons. The van der Waals surface area contributed by atoms with Gasteiger partial charge in [-0.05, 0) is 12.5 Å². The van der Waals surface area contributed by atoms with Crippen LogP contribution in [0.2, 0.25) is 0 Å². The second kappa shape index (κ2) is 5.81. The maximum absolute atomic E-state index is 13.0. The molecule has 0 unspecified atom stereocenters. The molecule has 1 aliphatic heterocycles. The molecule has 1 aromatic rings. The van der Waals surface area contributed by atoms with Crippen molar-refractivity contribution in [2.75, 3.05) is 13.1 Å². The highest BCUT2D eigenvalue weighted by atomic mass is 32.2. The summed E-state index contributed by atoms with van der Waals surface area (Å²) < 4.78 is 39.3. The lowest BCUT2D eigenvalue weighted by Gasteiger charge is -2.11. The van der Waals surface area contributed by atoms with Gasteiger partial charge in [-0.1, -0.05) is 12.1 Å². The monoisotopic (exact) mass is 303 g/mol. The zero-order chi connectivity index (χ0) is 14.8. The van der Waals surface area contributed by atoms with Gasteiger partial charge in [-0.3, -0.25) is 10.1 Å². The number of halogens is 1. The Morgan fingerprint density at radius 1 is 1.45 bits per heavy atom. The maximum Gasteiger partial charge on any atom is 0.289 e. The maximum atomic E-state index is 13.0. The van der Waals surface area contributed by atoms with Crippen LogP contribution in [0.3, 0.4) is 0 Å². The lowest BCUT2D eigenvalue weighted by atomic mass is 10.2. The van der Waals surface area contributed by atoms with Gasteiger partial charge in [-0.2, -0.15) is 0 Å². The number of nitro groups is 1. The molecule has 1 heterocycles. The third-order valence-corrected chi connectivity index (χ3v) is 4.51. The first-order chi connectivity index (χ1) is 9.40. The molecule has 2 N–H and O–H groups in total. The van der Waals surface area contributed by atoms with Crippen LogP contribution in [0, 0.1) is 10.1 Å². The van der Waals surface area contributed by atoms with Crippen molar-refractivity contribution in [3.05, 3.63) is 34.4 Å². The Balaban J connectivity index is 2.12. The van der Waals surface area contributed by atoms with Crippen LogP contribution in [0.4, 0.5) is 10.1 Å². The van der Waals surface area contributed by atoms with Gasteiger partial charge in [-0.15, -0.1) is 0 Å². The van der Waals surface area contributed by atoms with Crippen LogP contribution in [-0.4, -0.2) is 38.6 Å². The van der Waals surface area contributed by atoms with Gasteiger partial charge in [0.1, 0.15) is 6.17 Å². The van der Waals surface area contributed by atoms with Crippen molar-refractivity contribution in [3.63, 3.8) is 0 Å². The Morgan fingerprint density at radius 2 is 2.15 bits per heavy atom. The third-order valence-electron chi connectivity index (χ3n) is 3.04. The van der Waals surface area contributed by atoms with Gasteiger partial charge >= 0.3 is 0 Å². The summed E-state index contributed by atoms with van der Waals surface area (Å²) >= 11 is 0. The first-order valence-electron chi connectivity index (χ1n) is 6.00. The van der Waals surface area contributed by atoms with Crippen molar-refractivity contribution < 1.29 is 17.7 Å². The average molecular weight is 303 g/mol. The molecular weight excluding hydrogens is 289 g/mol. The minimum absolute atomic E-state index is 0.00516. The van der Waals surface area contributed by atoms with Gasteiger partial charge in [0, 0.05) is 25.2 Å². The van der Waals surface area contributed by atoms with Crippen molar-refractivity contribution in [2.24, 2.45) is 0 Å². The molecule has 0 spiro atoms. The van der Waals surface area contributed by atoms with Crippen LogP contribution >= 0.6 is 0 Å². The van der Waals surface area contributed by atoms with E-state index in [1.54, 1.807) is 0 Å². The molecule has 0 bridgehead atoms. The molecule has 7 nitrogen and oxygen atoms in total. The minimum atomic E-state index is -4.00. The Labute approximate surface area is 115 Å². The van der Waals surface area contributed by atoms with E-state index < -0.39 is 26.8 Å². The fourth-order valence-corrected chi connectivity index (χ4v) is 3.30. The summed E-state index contributed by atoms with van der Waals surface area (Å²) in [5.41, 5.74) is -0.484. The number of nitrogens with one attached hydrogen (secondary N) is 2. The van der Waals surface area contributed by atoms with E-state index in [1.807, 2.05) is 0 Å². The molecular formula is C11H14FN3O4S.